The Morgan fingerprint density at radius 3 is 2.07 bits per heavy atom. The fourth-order valence-electron chi connectivity index (χ4n) is 0.768. The van der Waals surface area contributed by atoms with E-state index in [1.54, 1.807) is 0 Å². The number of carbonyl (C=O) groups is 1. The summed E-state index contributed by atoms with van der Waals surface area (Å²) in [4.78, 5) is 13.0. The molecular weight excluding hydrogens is 189 g/mol. The molecule has 0 atom stereocenters. The average Bonchev–Trinajstić information content (AvgIpc) is 1.99. The molecule has 0 saturated heterocycles. The van der Waals surface area contributed by atoms with E-state index < -0.39 is 5.97 Å². The minimum atomic E-state index is -1.08. The third kappa shape index (κ3) is 7.06. The van der Waals surface area contributed by atoms with Crippen LogP contribution in [0.2, 0.25) is 0 Å². The van der Waals surface area contributed by atoms with Crippen LogP contribution in [0.25, 0.3) is 0 Å². The largest absolute Gasteiger partial charge is 1.00 e. The summed E-state index contributed by atoms with van der Waals surface area (Å²) in [5, 5.41) is 8.89. The number of carboxylic acid groups (broad SMARTS) is 1. The standard InChI is InChI=1S/C8H11N.C2H4O2.Na/c1-6-4-5-9-8(3)7(6)2;1-2(3)4;/h4-5H,1-3H3;1H3,(H,3,4);/q;;+1/p-1. The third-order valence-corrected chi connectivity index (χ3v) is 1.73. The summed E-state index contributed by atoms with van der Waals surface area (Å²) in [6.07, 6.45) is 1.84. The Balaban J connectivity index is 0. The summed E-state index contributed by atoms with van der Waals surface area (Å²) in [5.41, 5.74) is 3.76. The van der Waals surface area contributed by atoms with Gasteiger partial charge in [-0.25, -0.2) is 0 Å². The van der Waals surface area contributed by atoms with Crippen molar-refractivity contribution >= 4 is 5.97 Å². The van der Waals surface area contributed by atoms with Gasteiger partial charge >= 0.3 is 29.6 Å². The molecule has 0 unspecified atom stereocenters. The van der Waals surface area contributed by atoms with Gasteiger partial charge in [0.25, 0.3) is 0 Å². The van der Waals surface area contributed by atoms with Crippen LogP contribution in [-0.2, 0) is 4.79 Å². The number of carboxylic acids is 1. The van der Waals surface area contributed by atoms with Crippen LogP contribution in [0.3, 0.4) is 0 Å². The first-order valence-corrected chi connectivity index (χ1v) is 4.01. The summed E-state index contributed by atoms with van der Waals surface area (Å²) >= 11 is 0. The SMILES string of the molecule is CC(=O)[O-].Cc1ccnc(C)c1C.[Na+]. The van der Waals surface area contributed by atoms with Gasteiger partial charge in [0.15, 0.2) is 0 Å². The van der Waals surface area contributed by atoms with Crippen LogP contribution in [0, 0.1) is 20.8 Å². The number of aromatic nitrogens is 1. The van der Waals surface area contributed by atoms with Gasteiger partial charge in [-0.15, -0.1) is 0 Å². The molecule has 14 heavy (non-hydrogen) atoms. The molecule has 0 aliphatic rings. The molecule has 0 aromatic carbocycles. The van der Waals surface area contributed by atoms with Crippen molar-refractivity contribution in [3.05, 3.63) is 29.1 Å². The Hall–Kier alpha value is -0.380. The number of carbonyl (C=O) groups excluding carboxylic acids is 1. The number of hydrogen-bond donors (Lipinski definition) is 0. The molecule has 4 heteroatoms. The molecule has 1 aromatic heterocycles. The van der Waals surface area contributed by atoms with Gasteiger partial charge in [0.05, 0.1) is 0 Å². The molecule has 0 fully saturated rings. The molecule has 0 saturated carbocycles. The Bertz CT molecular complexity index is 276. The van der Waals surface area contributed by atoms with E-state index in [9.17, 15) is 0 Å². The van der Waals surface area contributed by atoms with E-state index in [2.05, 4.69) is 18.8 Å². The van der Waals surface area contributed by atoms with Crippen molar-refractivity contribution in [2.24, 2.45) is 0 Å². The van der Waals surface area contributed by atoms with Crippen molar-refractivity contribution in [2.75, 3.05) is 0 Å². The molecule has 72 valence electrons. The zero-order valence-corrected chi connectivity index (χ0v) is 11.4. The van der Waals surface area contributed by atoms with Crippen molar-refractivity contribution < 1.29 is 39.5 Å². The van der Waals surface area contributed by atoms with Crippen LogP contribution in [-0.4, -0.2) is 11.0 Å². The molecule has 0 N–H and O–H groups in total. The van der Waals surface area contributed by atoms with Crippen molar-refractivity contribution in [1.82, 2.24) is 4.98 Å². The molecule has 0 bridgehead atoms. The van der Waals surface area contributed by atoms with Gasteiger partial charge in [0, 0.05) is 17.9 Å². The maximum Gasteiger partial charge on any atom is 1.00 e. The van der Waals surface area contributed by atoms with Gasteiger partial charge in [0.1, 0.15) is 0 Å². The van der Waals surface area contributed by atoms with E-state index >= 15 is 0 Å². The number of rotatable bonds is 0. The molecule has 3 nitrogen and oxygen atoms in total. The molecular formula is C10H14NNaO2. The van der Waals surface area contributed by atoms with E-state index in [1.807, 2.05) is 19.2 Å². The van der Waals surface area contributed by atoms with E-state index in [0.717, 1.165) is 12.6 Å². The fourth-order valence-corrected chi connectivity index (χ4v) is 0.768. The predicted molar refractivity (Wildman–Crippen MR) is 49.1 cm³/mol. The first-order chi connectivity index (χ1) is 5.95. The molecule has 1 aromatic rings. The van der Waals surface area contributed by atoms with E-state index in [4.69, 9.17) is 9.90 Å². The smallest absolute Gasteiger partial charge is 0.550 e. The second kappa shape index (κ2) is 7.97. The van der Waals surface area contributed by atoms with E-state index in [0.29, 0.717) is 0 Å². The molecule has 0 spiro atoms. The Morgan fingerprint density at radius 2 is 1.79 bits per heavy atom. The number of hydrogen-bond acceptors (Lipinski definition) is 3. The molecule has 0 radical (unpaired) electrons. The predicted octanol–water partition coefficient (Wildman–Crippen LogP) is -2.23. The van der Waals surface area contributed by atoms with Gasteiger partial charge in [-0.05, 0) is 44.9 Å². The van der Waals surface area contributed by atoms with Crippen LogP contribution in [0.5, 0.6) is 0 Å². The summed E-state index contributed by atoms with van der Waals surface area (Å²) in [6.45, 7) is 7.20. The quantitative estimate of drug-likeness (QED) is 0.448. The van der Waals surface area contributed by atoms with Gasteiger partial charge in [0.2, 0.25) is 0 Å². The molecule has 1 rings (SSSR count). The second-order valence-electron chi connectivity index (χ2n) is 2.83. The summed E-state index contributed by atoms with van der Waals surface area (Å²) in [7, 11) is 0. The first kappa shape index (κ1) is 16.1. The fraction of sp³-hybridized carbons (Fsp3) is 0.400. The zero-order chi connectivity index (χ0) is 10.4. The number of aliphatic carboxylic acids is 1. The minimum absolute atomic E-state index is 0. The molecule has 0 amide bonds. The maximum absolute atomic E-state index is 8.89. The van der Waals surface area contributed by atoms with Crippen molar-refractivity contribution in [1.29, 1.82) is 0 Å². The van der Waals surface area contributed by atoms with E-state index in [-0.39, 0.29) is 29.6 Å². The van der Waals surface area contributed by atoms with E-state index in [1.165, 1.54) is 11.1 Å². The molecule has 1 heterocycles. The maximum atomic E-state index is 8.89. The number of aryl methyl sites for hydroxylation is 2. The van der Waals surface area contributed by atoms with Crippen molar-refractivity contribution in [2.45, 2.75) is 27.7 Å². The Labute approximate surface area is 107 Å². The third-order valence-electron chi connectivity index (χ3n) is 1.73. The normalized spacial score (nSPS) is 8.00. The minimum Gasteiger partial charge on any atom is -0.550 e. The topological polar surface area (TPSA) is 53.0 Å². The van der Waals surface area contributed by atoms with Crippen LogP contribution < -0.4 is 34.7 Å². The van der Waals surface area contributed by atoms with Crippen LogP contribution in [0.15, 0.2) is 12.3 Å². The van der Waals surface area contributed by atoms with Gasteiger partial charge in [-0.2, -0.15) is 0 Å². The van der Waals surface area contributed by atoms with Gasteiger partial charge in [-0.1, -0.05) is 0 Å². The molecule has 0 aliphatic heterocycles. The average molecular weight is 203 g/mol. The summed E-state index contributed by atoms with van der Waals surface area (Å²) in [6, 6.07) is 2.03. The second-order valence-corrected chi connectivity index (χ2v) is 2.83. The van der Waals surface area contributed by atoms with Crippen LogP contribution >= 0.6 is 0 Å². The summed E-state index contributed by atoms with van der Waals surface area (Å²) in [5.74, 6) is -1.08. The molecule has 0 aliphatic carbocycles. The summed E-state index contributed by atoms with van der Waals surface area (Å²) < 4.78 is 0. The van der Waals surface area contributed by atoms with Crippen LogP contribution in [0.1, 0.15) is 23.7 Å². The van der Waals surface area contributed by atoms with Crippen LogP contribution in [0.4, 0.5) is 0 Å². The Kier molecular flexibility index (Phi) is 9.15. The zero-order valence-electron chi connectivity index (χ0n) is 9.42. The Morgan fingerprint density at radius 1 is 1.36 bits per heavy atom. The first-order valence-electron chi connectivity index (χ1n) is 4.01. The number of nitrogens with zero attached hydrogens (tertiary/aromatic N) is 1. The monoisotopic (exact) mass is 203 g/mol. The van der Waals surface area contributed by atoms with Gasteiger partial charge < -0.3 is 9.90 Å². The van der Waals surface area contributed by atoms with Crippen molar-refractivity contribution in [3.63, 3.8) is 0 Å². The van der Waals surface area contributed by atoms with Gasteiger partial charge in [-0.3, -0.25) is 4.98 Å². The number of pyridine rings is 1. The van der Waals surface area contributed by atoms with Crippen molar-refractivity contribution in [3.8, 4) is 0 Å².